The maximum atomic E-state index is 12.6. The fourth-order valence-electron chi connectivity index (χ4n) is 11.9. The van der Waals surface area contributed by atoms with Crippen LogP contribution in [0.4, 0.5) is 0 Å². The minimum atomic E-state index is -0.910. The van der Waals surface area contributed by atoms with E-state index in [1.165, 1.54) is 51.4 Å². The molecule has 6 rings (SSSR count). The van der Waals surface area contributed by atoms with Crippen LogP contribution in [0, 0.1) is 50.2 Å². The van der Waals surface area contributed by atoms with E-state index < -0.39 is 5.79 Å². The van der Waals surface area contributed by atoms with Gasteiger partial charge in [0.25, 0.3) is 0 Å². The number of carbonyl (C=O) groups is 1. The number of benzene rings is 1. The van der Waals surface area contributed by atoms with Crippen LogP contribution in [-0.2, 0) is 20.9 Å². The van der Waals surface area contributed by atoms with Crippen molar-refractivity contribution in [1.29, 1.82) is 0 Å². The molecule has 0 amide bonds. The second-order valence-electron chi connectivity index (χ2n) is 17.7. The van der Waals surface area contributed by atoms with Gasteiger partial charge in [-0.15, -0.1) is 0 Å². The minimum absolute atomic E-state index is 0.174. The van der Waals surface area contributed by atoms with E-state index >= 15 is 0 Å². The molecule has 1 aromatic carbocycles. The molecule has 3 heteroatoms. The Morgan fingerprint density at radius 1 is 0.833 bits per heavy atom. The minimum Gasteiger partial charge on any atom is -0.433 e. The van der Waals surface area contributed by atoms with Crippen LogP contribution < -0.4 is 0 Å². The Morgan fingerprint density at radius 2 is 1.52 bits per heavy atom. The van der Waals surface area contributed by atoms with Crippen LogP contribution in [-0.4, -0.2) is 11.8 Å². The molecule has 0 spiro atoms. The van der Waals surface area contributed by atoms with Gasteiger partial charge < -0.3 is 9.47 Å². The van der Waals surface area contributed by atoms with Gasteiger partial charge >= 0.3 is 5.97 Å². The fourth-order valence-corrected chi connectivity index (χ4v) is 11.9. The number of esters is 1. The molecule has 4 saturated carbocycles. The lowest BCUT2D eigenvalue weighted by molar-refractivity contribution is -0.338. The summed E-state index contributed by atoms with van der Waals surface area (Å²) in [7, 11) is 0. The van der Waals surface area contributed by atoms with Crippen molar-refractivity contribution in [2.45, 2.75) is 139 Å². The third kappa shape index (κ3) is 4.25. The Labute approximate surface area is 256 Å². The number of fused-ring (bicyclic) bond motifs is 7. The third-order valence-corrected chi connectivity index (χ3v) is 14.8. The first kappa shape index (κ1) is 30.4. The highest BCUT2D eigenvalue weighted by atomic mass is 16.7. The SMILES string of the molecule is CC(=O)O[C@@]1(OCc2ccccc2)CC[C@@]2(C)C(CC[C@]3(C)[C@@H]2CC=C2[C@H]4CC(C)(C)CC[C@]4(C)CC[C@]23C)C1(C)C. The summed E-state index contributed by atoms with van der Waals surface area (Å²) in [6.07, 6.45) is 15.0. The molecule has 1 aromatic rings. The van der Waals surface area contributed by atoms with Crippen molar-refractivity contribution in [2.75, 3.05) is 0 Å². The zero-order valence-electron chi connectivity index (χ0n) is 28.2. The van der Waals surface area contributed by atoms with Gasteiger partial charge in [0.05, 0.1) is 6.61 Å². The van der Waals surface area contributed by atoms with E-state index in [-0.39, 0.29) is 27.6 Å². The first-order valence-corrected chi connectivity index (χ1v) is 17.1. The van der Waals surface area contributed by atoms with Gasteiger partial charge in [-0.2, -0.15) is 0 Å². The molecule has 1 unspecified atom stereocenters. The van der Waals surface area contributed by atoms with Gasteiger partial charge in [-0.3, -0.25) is 4.79 Å². The highest BCUT2D eigenvalue weighted by Gasteiger charge is 2.71. The molecule has 232 valence electrons. The van der Waals surface area contributed by atoms with Gasteiger partial charge in [0.15, 0.2) is 0 Å². The fraction of sp³-hybridized carbons (Fsp3) is 0.769. The lowest BCUT2D eigenvalue weighted by atomic mass is 9.33. The van der Waals surface area contributed by atoms with E-state index in [9.17, 15) is 4.79 Å². The number of hydrogen-bond acceptors (Lipinski definition) is 3. The van der Waals surface area contributed by atoms with Crippen LogP contribution >= 0.6 is 0 Å². The second kappa shape index (κ2) is 9.69. The van der Waals surface area contributed by atoms with Gasteiger partial charge in [0.1, 0.15) is 0 Å². The predicted octanol–water partition coefficient (Wildman–Crippen LogP) is 10.3. The highest BCUT2D eigenvalue weighted by Crippen LogP contribution is 2.76. The van der Waals surface area contributed by atoms with Crippen LogP contribution in [0.5, 0.6) is 0 Å². The smallest absolute Gasteiger partial charge is 0.305 e. The van der Waals surface area contributed by atoms with Crippen LogP contribution in [0.1, 0.15) is 132 Å². The molecule has 8 atom stereocenters. The van der Waals surface area contributed by atoms with Crippen LogP contribution in [0.2, 0.25) is 0 Å². The number of ether oxygens (including phenoxy) is 2. The summed E-state index contributed by atoms with van der Waals surface area (Å²) in [5.41, 5.74) is 4.29. The maximum absolute atomic E-state index is 12.6. The van der Waals surface area contributed by atoms with Crippen LogP contribution in [0.15, 0.2) is 42.0 Å². The molecule has 5 aliphatic rings. The quantitative estimate of drug-likeness (QED) is 0.204. The standard InChI is InChI=1S/C39H58O3/c1-27(40)42-39(41-26-28-13-11-10-12-14-28)24-22-36(7)31(34(39,4)5)17-18-38(9)32(36)16-15-29-30-25-33(2,3)19-20-35(30,6)21-23-37(29,38)8/h10-15,30-32H,16-26H2,1-9H3/t30-,31?,32-,35-,36+,37-,38-,39+/m1/s1. The Morgan fingerprint density at radius 3 is 2.21 bits per heavy atom. The van der Waals surface area contributed by atoms with E-state index in [1.54, 1.807) is 6.92 Å². The van der Waals surface area contributed by atoms with Gasteiger partial charge in [-0.05, 0) is 108 Å². The summed E-state index contributed by atoms with van der Waals surface area (Å²) in [4.78, 5) is 12.6. The molecule has 0 radical (unpaired) electrons. The largest absolute Gasteiger partial charge is 0.433 e. The second-order valence-corrected chi connectivity index (χ2v) is 17.7. The van der Waals surface area contributed by atoms with E-state index in [4.69, 9.17) is 9.47 Å². The van der Waals surface area contributed by atoms with Gasteiger partial charge in [0.2, 0.25) is 5.79 Å². The molecule has 0 aliphatic heterocycles. The zero-order chi connectivity index (χ0) is 30.4. The van der Waals surface area contributed by atoms with Crippen molar-refractivity contribution < 1.29 is 14.3 Å². The first-order chi connectivity index (χ1) is 19.5. The summed E-state index contributed by atoms with van der Waals surface area (Å²) >= 11 is 0. The van der Waals surface area contributed by atoms with Crippen molar-refractivity contribution >= 4 is 5.97 Å². The summed E-state index contributed by atoms with van der Waals surface area (Å²) < 4.78 is 13.1. The summed E-state index contributed by atoms with van der Waals surface area (Å²) in [6.45, 7) is 22.3. The van der Waals surface area contributed by atoms with E-state index in [0.29, 0.717) is 29.3 Å². The summed E-state index contributed by atoms with van der Waals surface area (Å²) in [6, 6.07) is 10.3. The zero-order valence-corrected chi connectivity index (χ0v) is 28.2. The normalized spacial score (nSPS) is 45.4. The van der Waals surface area contributed by atoms with E-state index in [1.807, 2.05) is 11.6 Å². The molecule has 0 saturated heterocycles. The Bertz CT molecular complexity index is 1250. The van der Waals surface area contributed by atoms with Gasteiger partial charge in [-0.25, -0.2) is 0 Å². The Hall–Kier alpha value is -1.61. The lowest BCUT2D eigenvalue weighted by Gasteiger charge is -2.72. The summed E-state index contributed by atoms with van der Waals surface area (Å²) in [5.74, 6) is 0.634. The molecule has 5 aliphatic carbocycles. The van der Waals surface area contributed by atoms with Crippen molar-refractivity contribution in [2.24, 2.45) is 50.2 Å². The predicted molar refractivity (Wildman–Crippen MR) is 170 cm³/mol. The summed E-state index contributed by atoms with van der Waals surface area (Å²) in [5, 5.41) is 0. The molecule has 3 nitrogen and oxygen atoms in total. The molecular weight excluding hydrogens is 516 g/mol. The number of hydrogen-bond donors (Lipinski definition) is 0. The van der Waals surface area contributed by atoms with Crippen LogP contribution in [0.25, 0.3) is 0 Å². The number of rotatable bonds is 4. The van der Waals surface area contributed by atoms with Gasteiger partial charge in [0, 0.05) is 18.8 Å². The first-order valence-electron chi connectivity index (χ1n) is 17.1. The molecule has 0 bridgehead atoms. The Balaban J connectivity index is 1.35. The topological polar surface area (TPSA) is 35.5 Å². The van der Waals surface area contributed by atoms with Gasteiger partial charge in [-0.1, -0.05) is 97.4 Å². The maximum Gasteiger partial charge on any atom is 0.305 e. The molecular formula is C39H58O3. The van der Waals surface area contributed by atoms with Crippen molar-refractivity contribution in [3.8, 4) is 0 Å². The monoisotopic (exact) mass is 574 g/mol. The molecule has 0 aromatic heterocycles. The Kier molecular flexibility index (Phi) is 7.02. The average molecular weight is 575 g/mol. The lowest BCUT2D eigenvalue weighted by Crippen LogP contribution is -2.68. The van der Waals surface area contributed by atoms with Crippen LogP contribution in [0.3, 0.4) is 0 Å². The average Bonchev–Trinajstić information content (AvgIpc) is 2.91. The van der Waals surface area contributed by atoms with Crippen molar-refractivity contribution in [3.05, 3.63) is 47.5 Å². The molecule has 0 heterocycles. The molecule has 4 fully saturated rings. The van der Waals surface area contributed by atoms with E-state index in [0.717, 1.165) is 24.3 Å². The number of carbonyl (C=O) groups excluding carboxylic acids is 1. The van der Waals surface area contributed by atoms with E-state index in [2.05, 4.69) is 85.7 Å². The number of allylic oxidation sites excluding steroid dienone is 2. The third-order valence-electron chi connectivity index (χ3n) is 14.8. The highest BCUT2D eigenvalue weighted by molar-refractivity contribution is 5.66. The molecule has 0 N–H and O–H groups in total. The molecule has 42 heavy (non-hydrogen) atoms. The van der Waals surface area contributed by atoms with Crippen molar-refractivity contribution in [3.63, 3.8) is 0 Å². The van der Waals surface area contributed by atoms with Crippen molar-refractivity contribution in [1.82, 2.24) is 0 Å².